The van der Waals surface area contributed by atoms with E-state index in [0.717, 1.165) is 12.0 Å². The van der Waals surface area contributed by atoms with E-state index < -0.39 is 0 Å². The lowest BCUT2D eigenvalue weighted by Crippen LogP contribution is -2.12. The van der Waals surface area contributed by atoms with Gasteiger partial charge >= 0.3 is 6.01 Å². The molecule has 0 aliphatic heterocycles. The molecule has 0 atom stereocenters. The van der Waals surface area contributed by atoms with Gasteiger partial charge in [-0.05, 0) is 30.5 Å². The van der Waals surface area contributed by atoms with Crippen LogP contribution in [0.1, 0.15) is 18.9 Å². The van der Waals surface area contributed by atoms with Crippen molar-refractivity contribution in [3.05, 3.63) is 35.6 Å². The van der Waals surface area contributed by atoms with Crippen molar-refractivity contribution in [1.29, 1.82) is 0 Å². The van der Waals surface area contributed by atoms with E-state index in [-0.39, 0.29) is 17.8 Å². The maximum Gasteiger partial charge on any atom is 0.323 e. The molecule has 0 saturated heterocycles. The van der Waals surface area contributed by atoms with Gasteiger partial charge in [0.1, 0.15) is 5.82 Å². The van der Waals surface area contributed by atoms with Crippen LogP contribution in [0.2, 0.25) is 0 Å². The molecule has 2 aromatic rings. The smallest absolute Gasteiger partial charge is 0.323 e. The molecule has 1 heterocycles. The van der Waals surface area contributed by atoms with Crippen LogP contribution in [-0.4, -0.2) is 28.1 Å². The molecule has 0 amide bonds. The molecule has 0 bridgehead atoms. The molecule has 6 nitrogen and oxygen atoms in total. The zero-order valence-corrected chi connectivity index (χ0v) is 11.8. The molecule has 0 radical (unpaired) electrons. The molecule has 112 valence electrons. The fourth-order valence-electron chi connectivity index (χ4n) is 1.72. The minimum Gasteiger partial charge on any atom is -0.463 e. The first kappa shape index (κ1) is 15.0. The number of nitrogens with one attached hydrogen (secondary N) is 1. The van der Waals surface area contributed by atoms with E-state index in [9.17, 15) is 4.39 Å². The molecular formula is C14H18FN5O. The minimum absolute atomic E-state index is 0.101. The van der Waals surface area contributed by atoms with E-state index in [0.29, 0.717) is 25.5 Å². The van der Waals surface area contributed by atoms with Crippen molar-refractivity contribution in [1.82, 2.24) is 15.0 Å². The van der Waals surface area contributed by atoms with Gasteiger partial charge in [0.2, 0.25) is 11.9 Å². The number of halogens is 1. The molecule has 2 rings (SSSR count). The fourth-order valence-corrected chi connectivity index (χ4v) is 1.72. The summed E-state index contributed by atoms with van der Waals surface area (Å²) < 4.78 is 18.4. The maximum absolute atomic E-state index is 13.1. The highest BCUT2D eigenvalue weighted by atomic mass is 19.1. The van der Waals surface area contributed by atoms with Gasteiger partial charge in [-0.3, -0.25) is 0 Å². The number of aromatic nitrogens is 3. The van der Waals surface area contributed by atoms with Crippen LogP contribution >= 0.6 is 0 Å². The molecule has 7 heteroatoms. The highest BCUT2D eigenvalue weighted by molar-refractivity contribution is 5.32. The zero-order chi connectivity index (χ0) is 15.1. The van der Waals surface area contributed by atoms with E-state index in [2.05, 4.69) is 20.3 Å². The van der Waals surface area contributed by atoms with Crippen LogP contribution in [0.5, 0.6) is 6.01 Å². The lowest BCUT2D eigenvalue weighted by Gasteiger charge is -2.08. The highest BCUT2D eigenvalue weighted by Gasteiger charge is 2.05. The summed E-state index contributed by atoms with van der Waals surface area (Å²) in [5, 5.41) is 3.03. The van der Waals surface area contributed by atoms with Gasteiger partial charge in [-0.25, -0.2) is 4.39 Å². The summed E-state index contributed by atoms with van der Waals surface area (Å²) in [6, 6.07) is 6.67. The van der Waals surface area contributed by atoms with Crippen LogP contribution in [0.15, 0.2) is 24.3 Å². The second-order valence-electron chi connectivity index (χ2n) is 4.45. The number of nitrogens with zero attached hydrogens (tertiary/aromatic N) is 3. The van der Waals surface area contributed by atoms with Gasteiger partial charge in [0, 0.05) is 6.54 Å². The monoisotopic (exact) mass is 291 g/mol. The van der Waals surface area contributed by atoms with Crippen molar-refractivity contribution in [2.24, 2.45) is 0 Å². The number of hydrogen-bond acceptors (Lipinski definition) is 6. The molecule has 0 aliphatic rings. The van der Waals surface area contributed by atoms with Crippen molar-refractivity contribution in [3.63, 3.8) is 0 Å². The molecule has 0 fully saturated rings. The van der Waals surface area contributed by atoms with Crippen molar-refractivity contribution in [2.75, 3.05) is 24.2 Å². The first-order valence-electron chi connectivity index (χ1n) is 6.80. The van der Waals surface area contributed by atoms with E-state index in [4.69, 9.17) is 10.5 Å². The lowest BCUT2D eigenvalue weighted by atomic mass is 10.1. The third kappa shape index (κ3) is 4.87. The predicted octanol–water partition coefficient (Wildman–Crippen LogP) is 2.04. The van der Waals surface area contributed by atoms with Gasteiger partial charge in [0.15, 0.2) is 0 Å². The highest BCUT2D eigenvalue weighted by Crippen LogP contribution is 2.10. The SMILES string of the molecule is CCCOc1nc(N)nc(NCCc2cccc(F)c2)n1. The van der Waals surface area contributed by atoms with Gasteiger partial charge < -0.3 is 15.8 Å². The minimum atomic E-state index is -0.243. The van der Waals surface area contributed by atoms with Crippen molar-refractivity contribution < 1.29 is 9.13 Å². The van der Waals surface area contributed by atoms with Gasteiger partial charge in [-0.1, -0.05) is 19.1 Å². The van der Waals surface area contributed by atoms with E-state index in [1.54, 1.807) is 6.07 Å². The third-order valence-electron chi connectivity index (χ3n) is 2.65. The Bertz CT molecular complexity index is 593. The summed E-state index contributed by atoms with van der Waals surface area (Å²) >= 11 is 0. The Hall–Kier alpha value is -2.44. The second kappa shape index (κ2) is 7.37. The molecule has 0 spiro atoms. The first-order valence-corrected chi connectivity index (χ1v) is 6.80. The maximum atomic E-state index is 13.1. The molecular weight excluding hydrogens is 273 g/mol. The predicted molar refractivity (Wildman–Crippen MR) is 78.6 cm³/mol. The van der Waals surface area contributed by atoms with Crippen LogP contribution in [0, 0.1) is 5.82 Å². The Morgan fingerprint density at radius 3 is 2.90 bits per heavy atom. The number of hydrogen-bond donors (Lipinski definition) is 2. The summed E-state index contributed by atoms with van der Waals surface area (Å²) in [4.78, 5) is 12.0. The normalized spacial score (nSPS) is 10.4. The third-order valence-corrected chi connectivity index (χ3v) is 2.65. The van der Waals surface area contributed by atoms with Crippen molar-refractivity contribution in [3.8, 4) is 6.01 Å². The Labute approximate surface area is 122 Å². The molecule has 21 heavy (non-hydrogen) atoms. The number of benzene rings is 1. The van der Waals surface area contributed by atoms with Crippen LogP contribution in [0.25, 0.3) is 0 Å². The number of anilines is 2. The summed E-state index contributed by atoms with van der Waals surface area (Å²) in [6.45, 7) is 3.06. The molecule has 0 unspecified atom stereocenters. The summed E-state index contributed by atoms with van der Waals surface area (Å²) in [7, 11) is 0. The standard InChI is InChI=1S/C14H18FN5O/c1-2-8-21-14-19-12(16)18-13(20-14)17-7-6-10-4-3-5-11(15)9-10/h3-5,9H,2,6-8H2,1H3,(H3,16,17,18,19,20). The quantitative estimate of drug-likeness (QED) is 0.812. The lowest BCUT2D eigenvalue weighted by molar-refractivity contribution is 0.292. The van der Waals surface area contributed by atoms with E-state index in [1.165, 1.54) is 12.1 Å². The summed E-state index contributed by atoms with van der Waals surface area (Å²) in [5.74, 6) is 0.210. The van der Waals surface area contributed by atoms with Crippen molar-refractivity contribution in [2.45, 2.75) is 19.8 Å². The van der Waals surface area contributed by atoms with Crippen LogP contribution < -0.4 is 15.8 Å². The van der Waals surface area contributed by atoms with E-state index in [1.807, 2.05) is 13.0 Å². The number of ether oxygens (including phenoxy) is 1. The van der Waals surface area contributed by atoms with Gasteiger partial charge in [-0.15, -0.1) is 0 Å². The average molecular weight is 291 g/mol. The Morgan fingerprint density at radius 2 is 2.14 bits per heavy atom. The summed E-state index contributed by atoms with van der Waals surface area (Å²) in [5.41, 5.74) is 6.50. The fraction of sp³-hybridized carbons (Fsp3) is 0.357. The molecule has 1 aromatic carbocycles. The molecule has 1 aromatic heterocycles. The number of nitrogen functional groups attached to an aromatic ring is 1. The Balaban J connectivity index is 1.91. The first-order chi connectivity index (χ1) is 10.2. The molecule has 0 saturated carbocycles. The zero-order valence-electron chi connectivity index (χ0n) is 11.8. The molecule has 3 N–H and O–H groups in total. The van der Waals surface area contributed by atoms with E-state index >= 15 is 0 Å². The van der Waals surface area contributed by atoms with Gasteiger partial charge in [0.05, 0.1) is 6.61 Å². The van der Waals surface area contributed by atoms with Crippen LogP contribution in [-0.2, 0) is 6.42 Å². The number of nitrogens with two attached hydrogens (primary N) is 1. The summed E-state index contributed by atoms with van der Waals surface area (Å²) in [6.07, 6.45) is 1.50. The van der Waals surface area contributed by atoms with Crippen LogP contribution in [0.3, 0.4) is 0 Å². The number of rotatable bonds is 7. The van der Waals surface area contributed by atoms with Gasteiger partial charge in [0.25, 0.3) is 0 Å². The topological polar surface area (TPSA) is 86.0 Å². The van der Waals surface area contributed by atoms with Crippen LogP contribution in [0.4, 0.5) is 16.3 Å². The van der Waals surface area contributed by atoms with Gasteiger partial charge in [-0.2, -0.15) is 15.0 Å². The largest absolute Gasteiger partial charge is 0.463 e. The average Bonchev–Trinajstić information content (AvgIpc) is 2.45. The molecule has 0 aliphatic carbocycles. The Kier molecular flexibility index (Phi) is 5.25. The second-order valence-corrected chi connectivity index (χ2v) is 4.45. The Morgan fingerprint density at radius 1 is 1.29 bits per heavy atom. The van der Waals surface area contributed by atoms with Crippen molar-refractivity contribution >= 4 is 11.9 Å².